The second-order valence-electron chi connectivity index (χ2n) is 7.02. The number of carbonyl (C=O) groups excluding carboxylic acids is 2. The van der Waals surface area contributed by atoms with Gasteiger partial charge in [0.1, 0.15) is 11.6 Å². The molecule has 31 heavy (non-hydrogen) atoms. The van der Waals surface area contributed by atoms with E-state index in [-0.39, 0.29) is 11.8 Å². The molecule has 0 spiro atoms. The minimum absolute atomic E-state index is 0.132. The van der Waals surface area contributed by atoms with E-state index in [0.29, 0.717) is 53.5 Å². The van der Waals surface area contributed by atoms with Gasteiger partial charge in [0.2, 0.25) is 0 Å². The van der Waals surface area contributed by atoms with Crippen molar-refractivity contribution in [1.29, 1.82) is 0 Å². The quantitative estimate of drug-likeness (QED) is 0.615. The number of nitrogens with zero attached hydrogens (tertiary/aromatic N) is 2. The molecule has 1 aliphatic rings. The zero-order chi connectivity index (χ0) is 22.5. The summed E-state index contributed by atoms with van der Waals surface area (Å²) in [5.41, 5.74) is 0.496. The predicted octanol–water partition coefficient (Wildman–Crippen LogP) is 3.36. The van der Waals surface area contributed by atoms with Crippen molar-refractivity contribution in [2.45, 2.75) is 13.0 Å². The number of amides is 2. The van der Waals surface area contributed by atoms with Crippen LogP contribution in [0.4, 0.5) is 4.39 Å². The maximum Gasteiger partial charge on any atom is 0.263 e. The molecule has 1 aliphatic heterocycles. The first-order chi connectivity index (χ1) is 14.8. The minimum Gasteiger partial charge on any atom is -0.493 e. The molecule has 166 valence electrons. The first kappa shape index (κ1) is 22.9. The van der Waals surface area contributed by atoms with Gasteiger partial charge in [-0.2, -0.15) is 0 Å². The van der Waals surface area contributed by atoms with Crippen LogP contribution in [-0.4, -0.2) is 68.1 Å². The molecule has 0 aromatic heterocycles. The van der Waals surface area contributed by atoms with Gasteiger partial charge in [-0.1, -0.05) is 0 Å². The topological polar surface area (TPSA) is 68.3 Å². The lowest BCUT2D eigenvalue weighted by molar-refractivity contribution is -0.139. The van der Waals surface area contributed by atoms with Crippen molar-refractivity contribution in [3.63, 3.8) is 0 Å². The van der Waals surface area contributed by atoms with Crippen LogP contribution in [0.25, 0.3) is 0 Å². The second kappa shape index (κ2) is 10.00. The van der Waals surface area contributed by atoms with Crippen LogP contribution in [0.2, 0.25) is 0 Å². The van der Waals surface area contributed by atoms with E-state index in [4.69, 9.17) is 14.2 Å². The molecule has 2 aromatic rings. The molecule has 0 N–H and O–H groups in total. The van der Waals surface area contributed by atoms with Crippen LogP contribution in [0.1, 0.15) is 17.3 Å². The van der Waals surface area contributed by atoms with E-state index in [1.54, 1.807) is 34.9 Å². The van der Waals surface area contributed by atoms with Gasteiger partial charge >= 0.3 is 0 Å². The van der Waals surface area contributed by atoms with Crippen molar-refractivity contribution in [3.05, 3.63) is 52.3 Å². The van der Waals surface area contributed by atoms with Gasteiger partial charge in [0.25, 0.3) is 11.8 Å². The van der Waals surface area contributed by atoms with Gasteiger partial charge in [-0.25, -0.2) is 4.39 Å². The smallest absolute Gasteiger partial charge is 0.263 e. The summed E-state index contributed by atoms with van der Waals surface area (Å²) in [6, 6.07) is 9.06. The van der Waals surface area contributed by atoms with Crippen LogP contribution in [0.5, 0.6) is 17.2 Å². The summed E-state index contributed by atoms with van der Waals surface area (Å²) in [6.45, 7) is 3.27. The number of benzene rings is 2. The highest BCUT2D eigenvalue weighted by Gasteiger charge is 2.29. The Morgan fingerprint density at radius 1 is 0.935 bits per heavy atom. The number of carbonyl (C=O) groups is 2. The SMILES string of the molecule is COc1ccc(C(=O)N2CCN(C(=O)C(C)Oc3ccc(F)cc3Br)CC2)cc1OC. The van der Waals surface area contributed by atoms with Crippen LogP contribution >= 0.6 is 15.9 Å². The van der Waals surface area contributed by atoms with E-state index in [1.807, 2.05) is 0 Å². The van der Waals surface area contributed by atoms with Crippen molar-refractivity contribution in [1.82, 2.24) is 9.80 Å². The largest absolute Gasteiger partial charge is 0.493 e. The predicted molar refractivity (Wildman–Crippen MR) is 116 cm³/mol. The van der Waals surface area contributed by atoms with Crippen LogP contribution in [0.15, 0.2) is 40.9 Å². The van der Waals surface area contributed by atoms with Crippen molar-refractivity contribution in [2.75, 3.05) is 40.4 Å². The van der Waals surface area contributed by atoms with Gasteiger partial charge < -0.3 is 24.0 Å². The fraction of sp³-hybridized carbons (Fsp3) is 0.364. The lowest BCUT2D eigenvalue weighted by Crippen LogP contribution is -2.53. The number of hydrogen-bond donors (Lipinski definition) is 0. The Bertz CT molecular complexity index is 963. The molecule has 9 heteroatoms. The zero-order valence-corrected chi connectivity index (χ0v) is 19.1. The second-order valence-corrected chi connectivity index (χ2v) is 7.88. The molecule has 1 fully saturated rings. The van der Waals surface area contributed by atoms with E-state index >= 15 is 0 Å². The Morgan fingerprint density at radius 2 is 1.55 bits per heavy atom. The van der Waals surface area contributed by atoms with Gasteiger partial charge in [-0.15, -0.1) is 0 Å². The summed E-state index contributed by atoms with van der Waals surface area (Å²) in [4.78, 5) is 29.0. The molecule has 3 rings (SSSR count). The van der Waals surface area contributed by atoms with Crippen molar-refractivity contribution < 1.29 is 28.2 Å². The Balaban J connectivity index is 1.58. The molecule has 2 amide bonds. The molecule has 1 unspecified atom stereocenters. The van der Waals surface area contributed by atoms with Gasteiger partial charge in [0.05, 0.1) is 18.7 Å². The standard InChI is InChI=1S/C22H24BrFN2O5/c1-14(31-18-7-5-16(24)13-17(18)23)21(27)25-8-10-26(11-9-25)22(28)15-4-6-19(29-2)20(12-15)30-3/h4-7,12-14H,8-11H2,1-3H3. The number of ether oxygens (including phenoxy) is 3. The number of methoxy groups -OCH3 is 2. The van der Waals surface area contributed by atoms with E-state index in [0.717, 1.165) is 0 Å². The van der Waals surface area contributed by atoms with Gasteiger partial charge in [-0.05, 0) is 59.3 Å². The third-order valence-corrected chi connectivity index (χ3v) is 5.67. The lowest BCUT2D eigenvalue weighted by Gasteiger charge is -2.36. The van der Waals surface area contributed by atoms with Crippen LogP contribution < -0.4 is 14.2 Å². The van der Waals surface area contributed by atoms with Gasteiger partial charge in [0, 0.05) is 31.7 Å². The minimum atomic E-state index is -0.741. The van der Waals surface area contributed by atoms with Crippen molar-refractivity contribution in [2.24, 2.45) is 0 Å². The van der Waals surface area contributed by atoms with Crippen LogP contribution in [0, 0.1) is 5.82 Å². The van der Waals surface area contributed by atoms with Gasteiger partial charge in [-0.3, -0.25) is 9.59 Å². The monoisotopic (exact) mass is 494 g/mol. The summed E-state index contributed by atoms with van der Waals surface area (Å²) in [5.74, 6) is 0.719. The molecule has 1 saturated heterocycles. The third kappa shape index (κ3) is 5.28. The first-order valence-corrected chi connectivity index (χ1v) is 10.5. The van der Waals surface area contributed by atoms with Crippen LogP contribution in [-0.2, 0) is 4.79 Å². The molecule has 0 aliphatic carbocycles. The highest BCUT2D eigenvalue weighted by molar-refractivity contribution is 9.10. The third-order valence-electron chi connectivity index (χ3n) is 5.05. The molecule has 1 atom stereocenters. The lowest BCUT2D eigenvalue weighted by atomic mass is 10.1. The molecule has 7 nitrogen and oxygen atoms in total. The Kier molecular flexibility index (Phi) is 7.37. The summed E-state index contributed by atoms with van der Waals surface area (Å²) >= 11 is 3.24. The molecule has 0 bridgehead atoms. The van der Waals surface area contributed by atoms with E-state index in [2.05, 4.69) is 15.9 Å². The Labute approximate surface area is 188 Å². The Hall–Kier alpha value is -2.81. The summed E-state index contributed by atoms with van der Waals surface area (Å²) in [7, 11) is 3.05. The number of rotatable bonds is 6. The van der Waals surface area contributed by atoms with Gasteiger partial charge in [0.15, 0.2) is 17.6 Å². The molecule has 0 radical (unpaired) electrons. The highest BCUT2D eigenvalue weighted by Crippen LogP contribution is 2.29. The summed E-state index contributed by atoms with van der Waals surface area (Å²) in [5, 5.41) is 0. The zero-order valence-electron chi connectivity index (χ0n) is 17.6. The Morgan fingerprint density at radius 3 is 2.16 bits per heavy atom. The fourth-order valence-electron chi connectivity index (χ4n) is 3.35. The van der Waals surface area contributed by atoms with Crippen molar-refractivity contribution >= 4 is 27.7 Å². The van der Waals surface area contributed by atoms with Crippen LogP contribution in [0.3, 0.4) is 0 Å². The highest BCUT2D eigenvalue weighted by atomic mass is 79.9. The van der Waals surface area contributed by atoms with E-state index in [1.165, 1.54) is 32.4 Å². The molecule has 0 saturated carbocycles. The van der Waals surface area contributed by atoms with E-state index in [9.17, 15) is 14.0 Å². The average Bonchev–Trinajstić information content (AvgIpc) is 2.79. The number of halogens is 2. The normalized spacial score (nSPS) is 14.7. The summed E-state index contributed by atoms with van der Waals surface area (Å²) < 4.78 is 29.8. The molecular formula is C22H24BrFN2O5. The van der Waals surface area contributed by atoms with E-state index < -0.39 is 11.9 Å². The average molecular weight is 495 g/mol. The number of hydrogen-bond acceptors (Lipinski definition) is 5. The molecular weight excluding hydrogens is 471 g/mol. The maximum absolute atomic E-state index is 13.2. The fourth-order valence-corrected chi connectivity index (χ4v) is 3.79. The molecule has 2 aromatic carbocycles. The summed E-state index contributed by atoms with van der Waals surface area (Å²) in [6.07, 6.45) is -0.741. The number of piperazine rings is 1. The first-order valence-electron chi connectivity index (χ1n) is 9.76. The maximum atomic E-state index is 13.2. The van der Waals surface area contributed by atoms with Crippen molar-refractivity contribution in [3.8, 4) is 17.2 Å². The molecule has 1 heterocycles.